The monoisotopic (exact) mass is 1170 g/mol. The van der Waals surface area contributed by atoms with Crippen molar-refractivity contribution in [1.82, 2.24) is 28.7 Å². The Morgan fingerprint density at radius 2 is 0.819 bits per heavy atom. The van der Waals surface area contributed by atoms with Crippen LogP contribution >= 0.6 is 23.2 Å². The Hall–Kier alpha value is -8.28. The molecule has 3 amide bonds. The van der Waals surface area contributed by atoms with E-state index in [1.807, 2.05) is 131 Å². The first kappa shape index (κ1) is 62.3. The quantitative estimate of drug-likeness (QED) is 0.0697. The van der Waals surface area contributed by atoms with Gasteiger partial charge in [0.2, 0.25) is 0 Å². The molecule has 438 valence electrons. The van der Waals surface area contributed by atoms with Crippen LogP contribution in [0.25, 0.3) is 33.1 Å². The molecule has 0 aliphatic rings. The number of amides is 3. The number of hydrogen-bond acceptors (Lipinski definition) is 11. The molecule has 0 aliphatic heterocycles. The molecule has 0 saturated heterocycles. The molecule has 9 rings (SSSR count). The van der Waals surface area contributed by atoms with E-state index in [-0.39, 0.29) is 19.8 Å². The number of aromatic nitrogens is 6. The summed E-state index contributed by atoms with van der Waals surface area (Å²) in [4.78, 5) is 54.7. The minimum atomic E-state index is -0.487. The van der Waals surface area contributed by atoms with Gasteiger partial charge in [0.25, 0.3) is 0 Å². The Balaban J connectivity index is 0.000000180. The zero-order chi connectivity index (χ0) is 59.9. The van der Waals surface area contributed by atoms with Crippen molar-refractivity contribution in [3.05, 3.63) is 165 Å². The highest BCUT2D eigenvalue weighted by Gasteiger charge is 2.16. The van der Waals surface area contributed by atoms with E-state index in [4.69, 9.17) is 37.4 Å². The van der Waals surface area contributed by atoms with Crippen LogP contribution in [0.15, 0.2) is 109 Å². The first-order valence-corrected chi connectivity index (χ1v) is 28.8. The maximum Gasteiger partial charge on any atom is 0.411 e. The van der Waals surface area contributed by atoms with Crippen LogP contribution in [-0.4, -0.2) is 92.9 Å². The molecule has 19 heteroatoms. The summed E-state index contributed by atoms with van der Waals surface area (Å²) in [7, 11) is 5.86. The first-order chi connectivity index (χ1) is 39.8. The number of fused-ring (bicyclic) bond motifs is 3. The van der Waals surface area contributed by atoms with Crippen molar-refractivity contribution in [3.8, 4) is 0 Å². The SMILES string of the molecule is CCN(CC)c1ccc(NC(=O)OCCc2nc3cc(Cl)c(Cl)cc3n2C)c(C)c1.CCN(CC)c1ccc(NC(=O)OCCc2nc3ccc(C)cc3n2C)c(C)c1.Cc1ccc(NC(=O)OCCc2nc3ccccc3n2C)c(C)c1. The van der Waals surface area contributed by atoms with E-state index in [1.54, 1.807) is 12.1 Å². The normalized spacial score (nSPS) is 10.9. The molecule has 3 N–H and O–H groups in total. The predicted molar refractivity (Wildman–Crippen MR) is 338 cm³/mol. The topological polar surface area (TPSA) is 175 Å². The van der Waals surface area contributed by atoms with Crippen molar-refractivity contribution in [2.45, 2.75) is 81.6 Å². The number of hydrogen-bond donors (Lipinski definition) is 3. The molecule has 3 heterocycles. The van der Waals surface area contributed by atoms with Gasteiger partial charge in [0.15, 0.2) is 0 Å². The van der Waals surface area contributed by atoms with Crippen LogP contribution in [-0.2, 0) is 54.6 Å². The number of nitrogens with one attached hydrogen (secondary N) is 3. The number of aryl methyl sites for hydroxylation is 8. The third kappa shape index (κ3) is 16.3. The Bertz CT molecular complexity index is 3710. The summed E-state index contributed by atoms with van der Waals surface area (Å²) in [6, 6.07) is 35.6. The van der Waals surface area contributed by atoms with Crippen molar-refractivity contribution in [2.75, 3.05) is 71.7 Å². The summed E-state index contributed by atoms with van der Waals surface area (Å²) < 4.78 is 22.0. The standard InChI is InChI=1S/C23H30N4O2.C22H26Cl2N4O2.C19H21N3O2/c1-6-27(7-2)18-9-11-19(17(4)15-18)25-23(28)29-13-12-22-24-20-10-8-16(3)14-21(20)26(22)5;1-5-28(6-2)15-7-8-18(14(3)11-15)26-22(29)30-10-9-21-25-19-12-16(23)17(24)13-20(19)27(21)4;1-13-8-9-15(14(2)12-13)21-19(23)24-11-10-18-20-16-6-4-5-7-17(16)22(18)3/h8-11,14-15H,6-7,12-13H2,1-5H3,(H,25,28);7-8,11-13H,5-6,9-10H2,1-4H3,(H,26,29);4-9,12H,10-11H2,1-3H3,(H,21,23). The molecule has 0 spiro atoms. The highest BCUT2D eigenvalue weighted by molar-refractivity contribution is 6.42. The number of rotatable bonds is 18. The Kier molecular flexibility index (Phi) is 21.9. The lowest BCUT2D eigenvalue weighted by atomic mass is 10.1. The molecule has 0 aliphatic carbocycles. The molecular weight excluding hydrogens is 1090 g/mol. The molecule has 17 nitrogen and oxygen atoms in total. The zero-order valence-corrected chi connectivity index (χ0v) is 51.3. The lowest BCUT2D eigenvalue weighted by Gasteiger charge is -2.22. The summed E-state index contributed by atoms with van der Waals surface area (Å²) in [5.74, 6) is 2.59. The van der Waals surface area contributed by atoms with Gasteiger partial charge in [-0.2, -0.15) is 0 Å². The smallest absolute Gasteiger partial charge is 0.411 e. The molecule has 9 aromatic rings. The van der Waals surface area contributed by atoms with Gasteiger partial charge in [0, 0.05) is 95.0 Å². The van der Waals surface area contributed by atoms with E-state index in [2.05, 4.69) is 104 Å². The number of benzene rings is 6. The first-order valence-electron chi connectivity index (χ1n) is 28.0. The summed E-state index contributed by atoms with van der Waals surface area (Å²) >= 11 is 12.2. The molecule has 0 bridgehead atoms. The van der Waals surface area contributed by atoms with Crippen LogP contribution in [0, 0.1) is 34.6 Å². The fourth-order valence-electron chi connectivity index (χ4n) is 9.70. The minimum Gasteiger partial charge on any atom is -0.449 e. The summed E-state index contributed by atoms with van der Waals surface area (Å²) in [5.41, 5.74) is 15.7. The fraction of sp³-hybridized carbons (Fsp3) is 0.344. The highest BCUT2D eigenvalue weighted by atomic mass is 35.5. The molecule has 0 unspecified atom stereocenters. The van der Waals surface area contributed by atoms with Crippen LogP contribution in [0.4, 0.5) is 42.8 Å². The minimum absolute atomic E-state index is 0.209. The number of nitrogens with zero attached hydrogens (tertiary/aromatic N) is 8. The third-order valence-corrected chi connectivity index (χ3v) is 15.2. The number of para-hydroxylation sites is 2. The fourth-order valence-corrected chi connectivity index (χ4v) is 10.0. The van der Waals surface area contributed by atoms with Crippen molar-refractivity contribution >= 4 is 103 Å². The van der Waals surface area contributed by atoms with Crippen LogP contribution < -0.4 is 25.8 Å². The van der Waals surface area contributed by atoms with Gasteiger partial charge in [-0.1, -0.05) is 59.1 Å². The summed E-state index contributed by atoms with van der Waals surface area (Å²) in [6.07, 6.45) is 0.244. The average molecular weight is 1170 g/mol. The second-order valence-electron chi connectivity index (χ2n) is 20.2. The molecule has 0 radical (unpaired) electrons. The molecule has 6 aromatic carbocycles. The van der Waals surface area contributed by atoms with Crippen molar-refractivity contribution in [1.29, 1.82) is 0 Å². The predicted octanol–water partition coefficient (Wildman–Crippen LogP) is 14.6. The van der Waals surface area contributed by atoms with Crippen molar-refractivity contribution in [3.63, 3.8) is 0 Å². The highest BCUT2D eigenvalue weighted by Crippen LogP contribution is 2.29. The molecule has 0 atom stereocenters. The van der Waals surface area contributed by atoms with E-state index in [0.717, 1.165) is 127 Å². The number of anilines is 5. The summed E-state index contributed by atoms with van der Waals surface area (Å²) in [5, 5.41) is 9.38. The number of carbonyl (C=O) groups is 3. The number of imidazole rings is 3. The van der Waals surface area contributed by atoms with E-state index in [1.165, 1.54) is 5.56 Å². The lowest BCUT2D eigenvalue weighted by molar-refractivity contribution is 0.161. The Labute approximate surface area is 496 Å². The van der Waals surface area contributed by atoms with Crippen LogP contribution in [0.1, 0.15) is 73.0 Å². The van der Waals surface area contributed by atoms with Gasteiger partial charge in [-0.15, -0.1) is 0 Å². The van der Waals surface area contributed by atoms with Gasteiger partial charge < -0.3 is 37.7 Å². The number of carbonyl (C=O) groups excluding carboxylic acids is 3. The van der Waals surface area contributed by atoms with Crippen LogP contribution in [0.3, 0.4) is 0 Å². The van der Waals surface area contributed by atoms with Gasteiger partial charge in [0.05, 0.1) is 43.1 Å². The molecule has 0 fully saturated rings. The van der Waals surface area contributed by atoms with Gasteiger partial charge in [-0.05, 0) is 163 Å². The zero-order valence-electron chi connectivity index (χ0n) is 49.7. The molecule has 3 aromatic heterocycles. The lowest BCUT2D eigenvalue weighted by Crippen LogP contribution is -2.22. The second kappa shape index (κ2) is 29.1. The van der Waals surface area contributed by atoms with Crippen LogP contribution in [0.5, 0.6) is 0 Å². The Morgan fingerprint density at radius 1 is 0.446 bits per heavy atom. The number of ether oxygens (including phenoxy) is 3. The van der Waals surface area contributed by atoms with E-state index >= 15 is 0 Å². The van der Waals surface area contributed by atoms with E-state index in [9.17, 15) is 14.4 Å². The van der Waals surface area contributed by atoms with Gasteiger partial charge >= 0.3 is 18.3 Å². The third-order valence-electron chi connectivity index (χ3n) is 14.5. The van der Waals surface area contributed by atoms with Gasteiger partial charge in [-0.3, -0.25) is 16.0 Å². The van der Waals surface area contributed by atoms with Gasteiger partial charge in [-0.25, -0.2) is 29.3 Å². The Morgan fingerprint density at radius 3 is 1.27 bits per heavy atom. The summed E-state index contributed by atoms with van der Waals surface area (Å²) in [6.45, 7) is 23.1. The van der Waals surface area contributed by atoms with Crippen molar-refractivity contribution in [2.24, 2.45) is 21.1 Å². The average Bonchev–Trinajstić information content (AvgIpc) is 4.27. The second-order valence-corrected chi connectivity index (χ2v) is 21.0. The van der Waals surface area contributed by atoms with Gasteiger partial charge in [0.1, 0.15) is 37.3 Å². The number of halogens is 2. The maximum atomic E-state index is 12.2. The maximum absolute atomic E-state index is 12.2. The largest absolute Gasteiger partial charge is 0.449 e. The van der Waals surface area contributed by atoms with E-state index in [0.29, 0.717) is 29.3 Å². The van der Waals surface area contributed by atoms with E-state index < -0.39 is 18.3 Å². The molecular formula is C64H77Cl2N11O6. The molecule has 83 heavy (non-hydrogen) atoms. The molecule has 0 saturated carbocycles. The van der Waals surface area contributed by atoms with Crippen molar-refractivity contribution < 1.29 is 28.6 Å². The van der Waals surface area contributed by atoms with Crippen LogP contribution in [0.2, 0.25) is 10.0 Å².